The van der Waals surface area contributed by atoms with E-state index in [2.05, 4.69) is 10.2 Å². The van der Waals surface area contributed by atoms with Crippen LogP contribution in [0.15, 0.2) is 0 Å². The largest absolute Gasteiger partial charge is 0.342 e. The van der Waals surface area contributed by atoms with E-state index < -0.39 is 0 Å². The molecule has 3 rings (SSSR count). The second-order valence-corrected chi connectivity index (χ2v) is 7.29. The van der Waals surface area contributed by atoms with E-state index in [1.807, 2.05) is 0 Å². The summed E-state index contributed by atoms with van der Waals surface area (Å²) < 4.78 is 0. The highest BCUT2D eigenvalue weighted by molar-refractivity contribution is 5.79. The molecule has 20 heavy (non-hydrogen) atoms. The molecule has 0 aromatic heterocycles. The molecule has 2 saturated heterocycles. The summed E-state index contributed by atoms with van der Waals surface area (Å²) in [5.74, 6) is 0.818. The van der Waals surface area contributed by atoms with Crippen LogP contribution >= 0.6 is 0 Å². The molecule has 114 valence electrons. The fourth-order valence-corrected chi connectivity index (χ4v) is 4.39. The third kappa shape index (κ3) is 3.19. The maximum Gasteiger partial charge on any atom is 0.225 e. The van der Waals surface area contributed by atoms with E-state index in [1.165, 1.54) is 64.5 Å². The van der Waals surface area contributed by atoms with Crippen molar-refractivity contribution >= 4 is 5.91 Å². The van der Waals surface area contributed by atoms with E-state index in [4.69, 9.17) is 0 Å². The molecule has 3 aliphatic rings. The monoisotopic (exact) mass is 278 g/mol. The predicted octanol–water partition coefficient (Wildman–Crippen LogP) is 2.95. The number of carbonyl (C=O) groups is 1. The third-order valence-electron chi connectivity index (χ3n) is 5.92. The van der Waals surface area contributed by atoms with Crippen LogP contribution in [0, 0.1) is 11.3 Å². The predicted molar refractivity (Wildman–Crippen MR) is 81.5 cm³/mol. The number of likely N-dealkylation sites (tertiary alicyclic amines) is 1. The van der Waals surface area contributed by atoms with E-state index in [9.17, 15) is 4.79 Å². The van der Waals surface area contributed by atoms with Crippen LogP contribution in [0.2, 0.25) is 0 Å². The van der Waals surface area contributed by atoms with Crippen molar-refractivity contribution in [2.24, 2.45) is 11.3 Å². The Kier molecular flexibility index (Phi) is 4.65. The van der Waals surface area contributed by atoms with Gasteiger partial charge in [-0.15, -0.1) is 0 Å². The Morgan fingerprint density at radius 1 is 0.950 bits per heavy atom. The minimum Gasteiger partial charge on any atom is -0.342 e. The summed E-state index contributed by atoms with van der Waals surface area (Å²) in [6.45, 7) is 4.38. The van der Waals surface area contributed by atoms with Crippen molar-refractivity contribution in [3.63, 3.8) is 0 Å². The number of rotatable bonds is 1. The minimum absolute atomic E-state index is 0.339. The summed E-state index contributed by atoms with van der Waals surface area (Å²) in [6, 6.07) is 0. The number of hydrogen-bond donors (Lipinski definition) is 1. The first-order valence-corrected chi connectivity index (χ1v) is 8.79. The van der Waals surface area contributed by atoms with Crippen LogP contribution in [0.3, 0.4) is 0 Å². The van der Waals surface area contributed by atoms with Crippen molar-refractivity contribution in [2.75, 3.05) is 26.2 Å². The number of nitrogens with one attached hydrogen (secondary N) is 1. The van der Waals surface area contributed by atoms with E-state index in [1.54, 1.807) is 0 Å². The van der Waals surface area contributed by atoms with Gasteiger partial charge in [0.05, 0.1) is 0 Å². The van der Waals surface area contributed by atoms with E-state index in [0.29, 0.717) is 17.2 Å². The molecule has 0 aromatic rings. The van der Waals surface area contributed by atoms with Crippen molar-refractivity contribution in [1.29, 1.82) is 0 Å². The zero-order chi connectivity index (χ0) is 13.8. The van der Waals surface area contributed by atoms with Gasteiger partial charge in [0.15, 0.2) is 0 Å². The first kappa shape index (κ1) is 14.4. The van der Waals surface area contributed by atoms with Gasteiger partial charge in [0, 0.05) is 25.6 Å². The van der Waals surface area contributed by atoms with Crippen LogP contribution < -0.4 is 5.32 Å². The molecule has 2 aliphatic heterocycles. The van der Waals surface area contributed by atoms with Gasteiger partial charge in [-0.1, -0.05) is 32.1 Å². The van der Waals surface area contributed by atoms with Gasteiger partial charge in [0.2, 0.25) is 5.91 Å². The summed E-state index contributed by atoms with van der Waals surface area (Å²) >= 11 is 0. The molecule has 3 fully saturated rings. The summed E-state index contributed by atoms with van der Waals surface area (Å²) in [4.78, 5) is 14.9. The Hall–Kier alpha value is -0.570. The lowest BCUT2D eigenvalue weighted by atomic mass is 9.77. The molecule has 1 saturated carbocycles. The number of hydrogen-bond acceptors (Lipinski definition) is 2. The number of carbonyl (C=O) groups excluding carboxylic acids is 1. The second kappa shape index (κ2) is 6.46. The highest BCUT2D eigenvalue weighted by atomic mass is 16.2. The molecule has 1 aliphatic carbocycles. The molecule has 3 heteroatoms. The van der Waals surface area contributed by atoms with Gasteiger partial charge in [-0.3, -0.25) is 4.79 Å². The Balaban J connectivity index is 1.52. The number of nitrogens with zero attached hydrogens (tertiary/aromatic N) is 1. The Morgan fingerprint density at radius 2 is 1.60 bits per heavy atom. The molecule has 1 amide bonds. The van der Waals surface area contributed by atoms with Gasteiger partial charge in [-0.05, 0) is 44.1 Å². The highest BCUT2D eigenvalue weighted by Gasteiger charge is 2.38. The highest BCUT2D eigenvalue weighted by Crippen LogP contribution is 2.37. The van der Waals surface area contributed by atoms with Crippen LogP contribution in [0.1, 0.15) is 64.2 Å². The van der Waals surface area contributed by atoms with Crippen molar-refractivity contribution in [2.45, 2.75) is 64.2 Å². The van der Waals surface area contributed by atoms with Crippen molar-refractivity contribution in [3.05, 3.63) is 0 Å². The molecule has 3 nitrogen and oxygen atoms in total. The summed E-state index contributed by atoms with van der Waals surface area (Å²) in [5, 5.41) is 3.50. The van der Waals surface area contributed by atoms with Crippen LogP contribution in [0.4, 0.5) is 0 Å². The quantitative estimate of drug-likeness (QED) is 0.800. The van der Waals surface area contributed by atoms with Gasteiger partial charge < -0.3 is 10.2 Å². The van der Waals surface area contributed by atoms with Crippen LogP contribution in [-0.4, -0.2) is 37.0 Å². The SMILES string of the molecule is O=C(C1CCCCCCC1)N1CCC2(CCNC2)CC1. The van der Waals surface area contributed by atoms with Crippen molar-refractivity contribution < 1.29 is 4.79 Å². The zero-order valence-corrected chi connectivity index (χ0v) is 12.8. The lowest BCUT2D eigenvalue weighted by molar-refractivity contribution is -0.138. The van der Waals surface area contributed by atoms with E-state index >= 15 is 0 Å². The van der Waals surface area contributed by atoms with Crippen LogP contribution in [-0.2, 0) is 4.79 Å². The normalized spacial score (nSPS) is 28.3. The molecule has 1 spiro atoms. The Labute approximate surface area is 123 Å². The average molecular weight is 278 g/mol. The van der Waals surface area contributed by atoms with Gasteiger partial charge >= 0.3 is 0 Å². The molecule has 1 N–H and O–H groups in total. The van der Waals surface area contributed by atoms with Gasteiger partial charge in [0.25, 0.3) is 0 Å². The van der Waals surface area contributed by atoms with Crippen LogP contribution in [0.5, 0.6) is 0 Å². The Morgan fingerprint density at radius 3 is 2.20 bits per heavy atom. The van der Waals surface area contributed by atoms with Crippen molar-refractivity contribution in [3.8, 4) is 0 Å². The van der Waals surface area contributed by atoms with Crippen LogP contribution in [0.25, 0.3) is 0 Å². The molecule has 0 radical (unpaired) electrons. The maximum absolute atomic E-state index is 12.7. The molecular weight excluding hydrogens is 248 g/mol. The first-order valence-electron chi connectivity index (χ1n) is 8.79. The third-order valence-corrected chi connectivity index (χ3v) is 5.92. The molecule has 2 heterocycles. The van der Waals surface area contributed by atoms with E-state index in [0.717, 1.165) is 25.9 Å². The lowest BCUT2D eigenvalue weighted by Crippen LogP contribution is -2.46. The maximum atomic E-state index is 12.7. The standard InChI is InChI=1S/C17H30N2O/c20-16(15-6-4-2-1-3-5-7-15)19-12-9-17(10-13-19)8-11-18-14-17/h15,18H,1-14H2. The number of amides is 1. The summed E-state index contributed by atoms with van der Waals surface area (Å²) in [7, 11) is 0. The van der Waals surface area contributed by atoms with Crippen molar-refractivity contribution in [1.82, 2.24) is 10.2 Å². The molecule has 0 atom stereocenters. The fraction of sp³-hybridized carbons (Fsp3) is 0.941. The van der Waals surface area contributed by atoms with E-state index in [-0.39, 0.29) is 0 Å². The Bertz CT molecular complexity index is 318. The molecule has 0 aromatic carbocycles. The van der Waals surface area contributed by atoms with Gasteiger partial charge in [0.1, 0.15) is 0 Å². The molecule has 0 bridgehead atoms. The zero-order valence-electron chi connectivity index (χ0n) is 12.8. The summed E-state index contributed by atoms with van der Waals surface area (Å²) in [5.41, 5.74) is 0.526. The fourth-order valence-electron chi connectivity index (χ4n) is 4.39. The second-order valence-electron chi connectivity index (χ2n) is 7.29. The smallest absolute Gasteiger partial charge is 0.225 e. The first-order chi connectivity index (χ1) is 9.79. The molecule has 0 unspecified atom stereocenters. The van der Waals surface area contributed by atoms with Gasteiger partial charge in [-0.2, -0.15) is 0 Å². The average Bonchev–Trinajstić information content (AvgIpc) is 2.87. The summed E-state index contributed by atoms with van der Waals surface area (Å²) in [6.07, 6.45) is 12.6. The lowest BCUT2D eigenvalue weighted by Gasteiger charge is -2.40. The molecular formula is C17H30N2O. The topological polar surface area (TPSA) is 32.3 Å². The van der Waals surface area contributed by atoms with Gasteiger partial charge in [-0.25, -0.2) is 0 Å². The number of piperidine rings is 1. The minimum atomic E-state index is 0.339.